The summed E-state index contributed by atoms with van der Waals surface area (Å²) in [6, 6.07) is 20.9. The minimum absolute atomic E-state index is 0.159. The molecule has 0 spiro atoms. The van der Waals surface area contributed by atoms with Gasteiger partial charge in [-0.2, -0.15) is 0 Å². The zero-order valence-corrected chi connectivity index (χ0v) is 16.5. The summed E-state index contributed by atoms with van der Waals surface area (Å²) in [4.78, 5) is 0. The molecule has 0 heterocycles. The molecular weight excluding hydrogens is 320 g/mol. The largest absolute Gasteiger partial charge is 0.388 e. The maximum Gasteiger partial charge on any atom is 0.107 e. The molecule has 2 heteroatoms. The Morgan fingerprint density at radius 3 is 2.04 bits per heavy atom. The molecule has 2 atom stereocenters. The van der Waals surface area contributed by atoms with Gasteiger partial charge in [-0.3, -0.25) is 0 Å². The predicted molar refractivity (Wildman–Crippen MR) is 110 cm³/mol. The number of aliphatic hydroxyl groups is 1. The summed E-state index contributed by atoms with van der Waals surface area (Å²) in [5, 5.41) is 14.0. The van der Waals surface area contributed by atoms with Crippen molar-refractivity contribution in [1.82, 2.24) is 0 Å². The Bertz CT molecular complexity index is 687. The van der Waals surface area contributed by atoms with E-state index in [1.165, 1.54) is 36.1 Å². The van der Waals surface area contributed by atoms with Gasteiger partial charge in [0.25, 0.3) is 0 Å². The van der Waals surface area contributed by atoms with Gasteiger partial charge in [0.1, 0.15) is 8.07 Å². The van der Waals surface area contributed by atoms with Crippen molar-refractivity contribution in [2.24, 2.45) is 11.8 Å². The van der Waals surface area contributed by atoms with Gasteiger partial charge in [0.05, 0.1) is 6.10 Å². The zero-order chi connectivity index (χ0) is 17.9. The monoisotopic (exact) mass is 350 g/mol. The smallest absolute Gasteiger partial charge is 0.107 e. The van der Waals surface area contributed by atoms with Gasteiger partial charge in [0.15, 0.2) is 0 Å². The van der Waals surface area contributed by atoms with Crippen LogP contribution in [0.2, 0.25) is 13.1 Å². The Hall–Kier alpha value is -1.64. The van der Waals surface area contributed by atoms with Crippen LogP contribution in [0.15, 0.2) is 72.4 Å². The molecule has 0 unspecified atom stereocenters. The van der Waals surface area contributed by atoms with Crippen LogP contribution in [-0.2, 0) is 0 Å². The van der Waals surface area contributed by atoms with E-state index in [4.69, 9.17) is 0 Å². The van der Waals surface area contributed by atoms with E-state index >= 15 is 0 Å². The lowest BCUT2D eigenvalue weighted by Crippen LogP contribution is -2.47. The van der Waals surface area contributed by atoms with Crippen molar-refractivity contribution < 1.29 is 5.11 Å². The molecule has 0 amide bonds. The SMILES string of the molecule is C=C([C@@H](C1CCCC1)[C@H](O)c1ccccc1)[Si](C)(C)c1ccccc1. The first-order valence-corrected chi connectivity index (χ1v) is 12.5. The highest BCUT2D eigenvalue weighted by Gasteiger charge is 2.40. The normalized spacial score (nSPS) is 18.0. The Morgan fingerprint density at radius 1 is 0.960 bits per heavy atom. The third-order valence-electron chi connectivity index (χ3n) is 6.09. The van der Waals surface area contributed by atoms with Crippen LogP contribution < -0.4 is 5.19 Å². The van der Waals surface area contributed by atoms with Crippen LogP contribution in [0.3, 0.4) is 0 Å². The van der Waals surface area contributed by atoms with Crippen molar-refractivity contribution in [2.75, 3.05) is 0 Å². The minimum Gasteiger partial charge on any atom is -0.388 e. The van der Waals surface area contributed by atoms with Gasteiger partial charge in [-0.1, -0.05) is 97.0 Å². The summed E-state index contributed by atoms with van der Waals surface area (Å²) >= 11 is 0. The molecular formula is C23H30OSi. The van der Waals surface area contributed by atoms with E-state index in [-0.39, 0.29) is 5.92 Å². The quantitative estimate of drug-likeness (QED) is 0.707. The molecule has 0 radical (unpaired) electrons. The van der Waals surface area contributed by atoms with Gasteiger partial charge in [0, 0.05) is 5.92 Å². The molecule has 1 saturated carbocycles. The van der Waals surface area contributed by atoms with Crippen LogP contribution in [0, 0.1) is 11.8 Å². The average Bonchev–Trinajstić information content (AvgIpc) is 3.17. The van der Waals surface area contributed by atoms with Crippen LogP contribution in [0.4, 0.5) is 0 Å². The standard InChI is InChI=1S/C23H30OSi/c1-18(25(2,3)21-16-8-5-9-17-21)22(19-12-10-11-13-19)23(24)20-14-6-4-7-15-20/h4-9,14-17,19,22-24H,1,10-13H2,2-3H3/t22-,23+/m0/s1. The third-order valence-corrected chi connectivity index (χ3v) is 9.81. The van der Waals surface area contributed by atoms with Gasteiger partial charge in [-0.25, -0.2) is 0 Å². The lowest BCUT2D eigenvalue weighted by Gasteiger charge is -2.38. The third kappa shape index (κ3) is 3.80. The first-order chi connectivity index (χ1) is 12.0. The molecule has 0 saturated heterocycles. The second kappa shape index (κ2) is 7.71. The van der Waals surface area contributed by atoms with E-state index in [9.17, 15) is 5.11 Å². The van der Waals surface area contributed by atoms with Gasteiger partial charge in [-0.15, -0.1) is 6.58 Å². The number of rotatable bonds is 6. The Balaban J connectivity index is 1.95. The second-order valence-corrected chi connectivity index (χ2v) is 12.4. The summed E-state index contributed by atoms with van der Waals surface area (Å²) in [7, 11) is -1.86. The van der Waals surface area contributed by atoms with E-state index in [0.29, 0.717) is 5.92 Å². The van der Waals surface area contributed by atoms with Crippen LogP contribution in [-0.4, -0.2) is 13.2 Å². The van der Waals surface area contributed by atoms with E-state index in [0.717, 1.165) is 5.56 Å². The molecule has 1 aliphatic carbocycles. The number of hydrogen-bond donors (Lipinski definition) is 1. The van der Waals surface area contributed by atoms with Crippen LogP contribution in [0.5, 0.6) is 0 Å². The van der Waals surface area contributed by atoms with E-state index in [1.807, 2.05) is 18.2 Å². The van der Waals surface area contributed by atoms with Gasteiger partial charge in [-0.05, 0) is 24.3 Å². The van der Waals surface area contributed by atoms with Crippen molar-refractivity contribution >= 4 is 13.3 Å². The first kappa shape index (κ1) is 18.2. The van der Waals surface area contributed by atoms with Crippen LogP contribution in [0.1, 0.15) is 37.4 Å². The molecule has 0 aromatic heterocycles. The average molecular weight is 351 g/mol. The summed E-state index contributed by atoms with van der Waals surface area (Å²) < 4.78 is 0. The Morgan fingerprint density at radius 2 is 1.48 bits per heavy atom. The number of aliphatic hydroxyl groups excluding tert-OH is 1. The maximum absolute atomic E-state index is 11.3. The number of benzene rings is 2. The lowest BCUT2D eigenvalue weighted by atomic mass is 9.83. The fourth-order valence-electron chi connectivity index (χ4n) is 4.36. The highest BCUT2D eigenvalue weighted by molar-refractivity contribution is 6.95. The van der Waals surface area contributed by atoms with Gasteiger partial charge < -0.3 is 5.11 Å². The topological polar surface area (TPSA) is 20.2 Å². The van der Waals surface area contributed by atoms with E-state index in [2.05, 4.69) is 62.1 Å². The zero-order valence-electron chi connectivity index (χ0n) is 15.5. The molecule has 0 bridgehead atoms. The highest BCUT2D eigenvalue weighted by atomic mass is 28.3. The van der Waals surface area contributed by atoms with Crippen LogP contribution >= 0.6 is 0 Å². The maximum atomic E-state index is 11.3. The first-order valence-electron chi connectivity index (χ1n) is 9.49. The number of hydrogen-bond acceptors (Lipinski definition) is 1. The molecule has 1 aliphatic rings. The van der Waals surface area contributed by atoms with Gasteiger partial charge >= 0.3 is 0 Å². The molecule has 1 fully saturated rings. The van der Waals surface area contributed by atoms with Crippen LogP contribution in [0.25, 0.3) is 0 Å². The van der Waals surface area contributed by atoms with Crippen molar-refractivity contribution in [3.05, 3.63) is 78.0 Å². The summed E-state index contributed by atoms with van der Waals surface area (Å²) in [6.07, 6.45) is 4.54. The fraction of sp³-hybridized carbons (Fsp3) is 0.391. The fourth-order valence-corrected chi connectivity index (χ4v) is 6.99. The Labute approximate surface area is 153 Å². The van der Waals surface area contributed by atoms with E-state index < -0.39 is 14.2 Å². The molecule has 3 rings (SSSR count). The summed E-state index contributed by atoms with van der Waals surface area (Å²) in [5.41, 5.74) is 1.03. The lowest BCUT2D eigenvalue weighted by molar-refractivity contribution is 0.0971. The van der Waals surface area contributed by atoms with Crippen molar-refractivity contribution in [3.63, 3.8) is 0 Å². The Kier molecular flexibility index (Phi) is 5.60. The molecule has 0 aliphatic heterocycles. The molecule has 2 aromatic carbocycles. The molecule has 25 heavy (non-hydrogen) atoms. The van der Waals surface area contributed by atoms with Crippen molar-refractivity contribution in [2.45, 2.75) is 44.9 Å². The van der Waals surface area contributed by atoms with E-state index in [1.54, 1.807) is 0 Å². The molecule has 132 valence electrons. The second-order valence-electron chi connectivity index (χ2n) is 7.94. The molecule has 1 nitrogen and oxygen atoms in total. The molecule has 2 aromatic rings. The summed E-state index contributed by atoms with van der Waals surface area (Å²) in [5.74, 6) is 0.713. The predicted octanol–water partition coefficient (Wildman–Crippen LogP) is 5.24. The van der Waals surface area contributed by atoms with Crippen molar-refractivity contribution in [3.8, 4) is 0 Å². The summed E-state index contributed by atoms with van der Waals surface area (Å²) in [6.45, 7) is 9.35. The van der Waals surface area contributed by atoms with Crippen molar-refractivity contribution in [1.29, 1.82) is 0 Å². The highest BCUT2D eigenvalue weighted by Crippen LogP contribution is 2.44. The van der Waals surface area contributed by atoms with Gasteiger partial charge in [0.2, 0.25) is 0 Å². The molecule has 1 N–H and O–H groups in total. The minimum atomic E-state index is -1.86.